The molecule has 0 spiro atoms. The molecule has 1 rings (SSSR count). The van der Waals surface area contributed by atoms with Crippen molar-refractivity contribution in [1.29, 1.82) is 5.26 Å². The molecule has 0 radical (unpaired) electrons. The Morgan fingerprint density at radius 2 is 1.96 bits per heavy atom. The van der Waals surface area contributed by atoms with Gasteiger partial charge in [-0.15, -0.1) is 0 Å². The van der Waals surface area contributed by atoms with Gasteiger partial charge in [0.15, 0.2) is 6.10 Å². The molecule has 1 amide bonds. The number of amides is 1. The Balaban J connectivity index is 2.64. The number of nitrogens with one attached hydrogen (secondary N) is 1. The third-order valence-corrected chi connectivity index (χ3v) is 3.24. The third-order valence-electron chi connectivity index (χ3n) is 3.24. The summed E-state index contributed by atoms with van der Waals surface area (Å²) in [4.78, 5) is 23.5. The smallest absolute Gasteiger partial charge is 0.326 e. The van der Waals surface area contributed by atoms with E-state index in [0.717, 1.165) is 0 Å². The first-order valence-electron chi connectivity index (χ1n) is 7.97. The van der Waals surface area contributed by atoms with Crippen molar-refractivity contribution in [2.45, 2.75) is 51.9 Å². The van der Waals surface area contributed by atoms with Gasteiger partial charge in [-0.3, -0.25) is 4.79 Å². The Bertz CT molecular complexity index is 646. The topological polar surface area (TPSA) is 109 Å². The van der Waals surface area contributed by atoms with E-state index in [9.17, 15) is 14.7 Å². The normalized spacial score (nSPS) is 13.4. The van der Waals surface area contributed by atoms with Crippen molar-refractivity contribution in [2.75, 3.05) is 6.61 Å². The van der Waals surface area contributed by atoms with Crippen molar-refractivity contribution < 1.29 is 24.2 Å². The van der Waals surface area contributed by atoms with E-state index in [2.05, 4.69) is 5.32 Å². The molecule has 0 aliphatic rings. The summed E-state index contributed by atoms with van der Waals surface area (Å²) < 4.78 is 11.0. The Morgan fingerprint density at radius 3 is 2.52 bits per heavy atom. The summed E-state index contributed by atoms with van der Waals surface area (Å²) in [6.45, 7) is 7.29. The molecule has 0 heterocycles. The summed E-state index contributed by atoms with van der Waals surface area (Å²) in [5, 5.41) is 20.7. The quantitative estimate of drug-likeness (QED) is 0.745. The molecule has 0 aliphatic carbocycles. The van der Waals surface area contributed by atoms with Crippen LogP contribution in [0.5, 0.6) is 5.75 Å². The van der Waals surface area contributed by atoms with Gasteiger partial charge in [-0.2, -0.15) is 5.26 Å². The first kappa shape index (κ1) is 20.5. The number of hydrogen-bond acceptors (Lipinski definition) is 5. The molecule has 2 atom stereocenters. The van der Waals surface area contributed by atoms with E-state index >= 15 is 0 Å². The lowest BCUT2D eigenvalue weighted by Crippen LogP contribution is -2.47. The molecule has 136 valence electrons. The van der Waals surface area contributed by atoms with Crippen molar-refractivity contribution in [3.63, 3.8) is 0 Å². The van der Waals surface area contributed by atoms with Crippen LogP contribution < -0.4 is 10.1 Å². The summed E-state index contributed by atoms with van der Waals surface area (Å²) in [6, 6.07) is 7.42. The predicted octanol–water partition coefficient (Wildman–Crippen LogP) is 2.10. The second-order valence-corrected chi connectivity index (χ2v) is 6.52. The second kappa shape index (κ2) is 9.04. The van der Waals surface area contributed by atoms with Gasteiger partial charge in [-0.25, -0.2) is 4.79 Å². The number of ether oxygens (including phenoxy) is 2. The Kier molecular flexibility index (Phi) is 7.40. The largest absolute Gasteiger partial charge is 0.480 e. The number of para-hydroxylation sites is 1. The Hall–Kier alpha value is -2.59. The molecule has 1 aromatic rings. The van der Waals surface area contributed by atoms with Gasteiger partial charge in [0.1, 0.15) is 17.9 Å². The van der Waals surface area contributed by atoms with Crippen molar-refractivity contribution in [3.05, 3.63) is 29.8 Å². The molecule has 1 aromatic carbocycles. The molecule has 25 heavy (non-hydrogen) atoms. The maximum Gasteiger partial charge on any atom is 0.326 e. The summed E-state index contributed by atoms with van der Waals surface area (Å²) in [5.41, 5.74) is -0.0831. The van der Waals surface area contributed by atoms with Crippen molar-refractivity contribution in [1.82, 2.24) is 5.32 Å². The number of aliphatic carboxylic acids is 1. The van der Waals surface area contributed by atoms with Crippen molar-refractivity contribution in [3.8, 4) is 11.8 Å². The Labute approximate surface area is 147 Å². The SMILES string of the molecule is CC(Oc1ccccc1C#N)C(=O)NC(CCOC(C)(C)C)C(=O)O. The van der Waals surface area contributed by atoms with Gasteiger partial charge in [-0.1, -0.05) is 12.1 Å². The number of hydrogen-bond donors (Lipinski definition) is 2. The highest BCUT2D eigenvalue weighted by Gasteiger charge is 2.25. The lowest BCUT2D eigenvalue weighted by atomic mass is 10.1. The fourth-order valence-electron chi connectivity index (χ4n) is 1.94. The van der Waals surface area contributed by atoms with Crippen LogP contribution in [0.2, 0.25) is 0 Å². The minimum Gasteiger partial charge on any atom is -0.480 e. The zero-order valence-electron chi connectivity index (χ0n) is 14.9. The van der Waals surface area contributed by atoms with Crippen LogP contribution >= 0.6 is 0 Å². The Morgan fingerprint density at radius 1 is 1.32 bits per heavy atom. The highest BCUT2D eigenvalue weighted by atomic mass is 16.5. The van der Waals surface area contributed by atoms with E-state index in [4.69, 9.17) is 14.7 Å². The lowest BCUT2D eigenvalue weighted by molar-refractivity contribution is -0.143. The number of carbonyl (C=O) groups excluding carboxylic acids is 1. The van der Waals surface area contributed by atoms with Gasteiger partial charge in [0.2, 0.25) is 0 Å². The monoisotopic (exact) mass is 348 g/mol. The standard InChI is InChI=1S/C18H24N2O5/c1-12(25-15-8-6-5-7-13(15)11-19)16(21)20-14(17(22)23)9-10-24-18(2,3)4/h5-8,12,14H,9-10H2,1-4H3,(H,20,21)(H,22,23). The lowest BCUT2D eigenvalue weighted by Gasteiger charge is -2.22. The average Bonchev–Trinajstić information content (AvgIpc) is 2.52. The number of carbonyl (C=O) groups is 2. The molecule has 0 bridgehead atoms. The summed E-state index contributed by atoms with van der Waals surface area (Å²) in [7, 11) is 0. The van der Waals surface area contributed by atoms with Crippen LogP contribution in [0.25, 0.3) is 0 Å². The van der Waals surface area contributed by atoms with Crippen LogP contribution in [0, 0.1) is 11.3 Å². The van der Waals surface area contributed by atoms with E-state index in [1.807, 2.05) is 26.8 Å². The number of nitriles is 1. The number of benzene rings is 1. The van der Waals surface area contributed by atoms with Crippen LogP contribution in [-0.4, -0.2) is 41.3 Å². The van der Waals surface area contributed by atoms with E-state index < -0.39 is 24.0 Å². The highest BCUT2D eigenvalue weighted by Crippen LogP contribution is 2.18. The molecule has 0 fully saturated rings. The third kappa shape index (κ3) is 7.23. The average molecular weight is 348 g/mol. The molecule has 7 heteroatoms. The van der Waals surface area contributed by atoms with Crippen LogP contribution in [0.1, 0.15) is 39.7 Å². The van der Waals surface area contributed by atoms with Crippen LogP contribution in [0.15, 0.2) is 24.3 Å². The van der Waals surface area contributed by atoms with Crippen molar-refractivity contribution in [2.24, 2.45) is 0 Å². The number of carboxylic acids is 1. The van der Waals surface area contributed by atoms with E-state index in [1.165, 1.54) is 6.92 Å². The molecule has 0 saturated heterocycles. The first-order valence-corrected chi connectivity index (χ1v) is 7.97. The van der Waals surface area contributed by atoms with Gasteiger partial charge in [-0.05, 0) is 39.8 Å². The van der Waals surface area contributed by atoms with E-state index in [-0.39, 0.29) is 24.4 Å². The van der Waals surface area contributed by atoms with Gasteiger partial charge < -0.3 is 19.9 Å². The van der Waals surface area contributed by atoms with Gasteiger partial charge in [0, 0.05) is 13.0 Å². The van der Waals surface area contributed by atoms with Gasteiger partial charge >= 0.3 is 5.97 Å². The van der Waals surface area contributed by atoms with Gasteiger partial charge in [0.25, 0.3) is 5.91 Å². The fourth-order valence-corrected chi connectivity index (χ4v) is 1.94. The van der Waals surface area contributed by atoms with E-state index in [0.29, 0.717) is 5.56 Å². The van der Waals surface area contributed by atoms with Crippen LogP contribution in [0.3, 0.4) is 0 Å². The molecule has 2 N–H and O–H groups in total. The highest BCUT2D eigenvalue weighted by molar-refractivity contribution is 5.86. The van der Waals surface area contributed by atoms with Crippen LogP contribution in [-0.2, 0) is 14.3 Å². The van der Waals surface area contributed by atoms with E-state index in [1.54, 1.807) is 24.3 Å². The summed E-state index contributed by atoms with van der Waals surface area (Å²) >= 11 is 0. The molecular weight excluding hydrogens is 324 g/mol. The molecule has 0 aliphatic heterocycles. The maximum atomic E-state index is 12.2. The first-order chi connectivity index (χ1) is 11.6. The van der Waals surface area contributed by atoms with Gasteiger partial charge in [0.05, 0.1) is 11.2 Å². The fraction of sp³-hybridized carbons (Fsp3) is 0.500. The molecule has 7 nitrogen and oxygen atoms in total. The second-order valence-electron chi connectivity index (χ2n) is 6.52. The number of carboxylic acid groups (broad SMARTS) is 1. The zero-order chi connectivity index (χ0) is 19.0. The number of rotatable bonds is 8. The molecule has 2 unspecified atom stereocenters. The predicted molar refractivity (Wildman–Crippen MR) is 91.1 cm³/mol. The summed E-state index contributed by atoms with van der Waals surface area (Å²) in [5.74, 6) is -1.44. The zero-order valence-corrected chi connectivity index (χ0v) is 14.9. The minimum atomic E-state index is -1.14. The number of nitrogens with zero attached hydrogens (tertiary/aromatic N) is 1. The molecule has 0 aromatic heterocycles. The molecule has 0 saturated carbocycles. The molecular formula is C18H24N2O5. The maximum absolute atomic E-state index is 12.2. The summed E-state index contributed by atoms with van der Waals surface area (Å²) in [6.07, 6.45) is -0.806. The van der Waals surface area contributed by atoms with Crippen LogP contribution in [0.4, 0.5) is 0 Å². The van der Waals surface area contributed by atoms with Crippen molar-refractivity contribution >= 4 is 11.9 Å². The minimum absolute atomic E-state index is 0.139.